The number of H-pyrrole nitrogens is 1. The minimum atomic E-state index is -3.48. The van der Waals surface area contributed by atoms with Crippen LogP contribution >= 0.6 is 0 Å². The zero-order chi connectivity index (χ0) is 13.0. The van der Waals surface area contributed by atoms with Gasteiger partial charge in [0.15, 0.2) is 0 Å². The van der Waals surface area contributed by atoms with E-state index in [1.165, 1.54) is 12.3 Å². The van der Waals surface area contributed by atoms with E-state index in [9.17, 15) is 8.42 Å². The van der Waals surface area contributed by atoms with Crippen molar-refractivity contribution < 1.29 is 13.5 Å². The van der Waals surface area contributed by atoms with E-state index in [-0.39, 0.29) is 18.0 Å². The Morgan fingerprint density at radius 3 is 2.67 bits per heavy atom. The first-order valence-corrected chi connectivity index (χ1v) is 6.91. The predicted octanol–water partition coefficient (Wildman–Crippen LogP) is 0.986. The van der Waals surface area contributed by atoms with E-state index < -0.39 is 10.0 Å². The van der Waals surface area contributed by atoms with Crippen molar-refractivity contribution in [3.8, 4) is 0 Å². The number of aromatic amines is 1. The maximum atomic E-state index is 11.8. The van der Waals surface area contributed by atoms with Crippen molar-refractivity contribution in [1.82, 2.24) is 9.71 Å². The first kappa shape index (κ1) is 12.8. The Morgan fingerprint density at radius 1 is 1.22 bits per heavy atom. The van der Waals surface area contributed by atoms with Gasteiger partial charge in [-0.1, -0.05) is 24.3 Å². The Bertz CT molecular complexity index is 606. The van der Waals surface area contributed by atoms with E-state index >= 15 is 0 Å². The summed E-state index contributed by atoms with van der Waals surface area (Å²) in [5.74, 6) is 0. The molecule has 3 N–H and O–H groups in total. The summed E-state index contributed by atoms with van der Waals surface area (Å²) in [5.41, 5.74) is 1.56. The number of hydrogen-bond donors (Lipinski definition) is 3. The monoisotopic (exact) mass is 266 g/mol. The van der Waals surface area contributed by atoms with Crippen LogP contribution in [-0.4, -0.2) is 18.5 Å². The van der Waals surface area contributed by atoms with Crippen molar-refractivity contribution in [2.24, 2.45) is 0 Å². The van der Waals surface area contributed by atoms with Crippen LogP contribution in [0.3, 0.4) is 0 Å². The average molecular weight is 266 g/mol. The molecule has 1 heterocycles. The molecular formula is C12H14N2O3S. The third-order valence-electron chi connectivity index (χ3n) is 2.52. The molecular weight excluding hydrogens is 252 g/mol. The average Bonchev–Trinajstić information content (AvgIpc) is 2.91. The van der Waals surface area contributed by atoms with Crippen LogP contribution in [0.5, 0.6) is 0 Å². The van der Waals surface area contributed by atoms with Crippen molar-refractivity contribution in [2.75, 3.05) is 0 Å². The third-order valence-corrected chi connectivity index (χ3v) is 3.92. The lowest BCUT2D eigenvalue weighted by Gasteiger charge is -2.06. The van der Waals surface area contributed by atoms with Gasteiger partial charge in [-0.15, -0.1) is 0 Å². The molecule has 96 valence electrons. The number of rotatable bonds is 5. The molecule has 1 aromatic heterocycles. The predicted molar refractivity (Wildman–Crippen MR) is 67.2 cm³/mol. The number of nitrogens with one attached hydrogen (secondary N) is 2. The smallest absolute Gasteiger partial charge is 0.242 e. The minimum Gasteiger partial charge on any atom is -0.392 e. The van der Waals surface area contributed by atoms with Gasteiger partial charge in [-0.2, -0.15) is 0 Å². The zero-order valence-corrected chi connectivity index (χ0v) is 10.4. The van der Waals surface area contributed by atoms with Crippen LogP contribution < -0.4 is 4.72 Å². The molecule has 0 fully saturated rings. The molecule has 0 spiro atoms. The summed E-state index contributed by atoms with van der Waals surface area (Å²) in [6, 6.07) is 8.63. The third kappa shape index (κ3) is 2.98. The summed E-state index contributed by atoms with van der Waals surface area (Å²) in [4.78, 5) is 2.91. The van der Waals surface area contributed by atoms with Gasteiger partial charge in [0.1, 0.15) is 0 Å². The first-order valence-electron chi connectivity index (χ1n) is 5.43. The van der Waals surface area contributed by atoms with Gasteiger partial charge in [0.05, 0.1) is 11.5 Å². The Balaban J connectivity index is 2.07. The summed E-state index contributed by atoms with van der Waals surface area (Å²) in [6.07, 6.45) is 2.98. The van der Waals surface area contributed by atoms with Gasteiger partial charge >= 0.3 is 0 Å². The van der Waals surface area contributed by atoms with Gasteiger partial charge in [-0.05, 0) is 17.2 Å². The fourth-order valence-electron chi connectivity index (χ4n) is 1.58. The van der Waals surface area contributed by atoms with E-state index in [2.05, 4.69) is 9.71 Å². The molecule has 1 aromatic carbocycles. The Labute approximate surface area is 106 Å². The molecule has 0 atom stereocenters. The molecule has 0 bridgehead atoms. The maximum absolute atomic E-state index is 11.8. The molecule has 6 heteroatoms. The highest BCUT2D eigenvalue weighted by Gasteiger charge is 2.13. The molecule has 0 radical (unpaired) electrons. The second-order valence-corrected chi connectivity index (χ2v) is 5.62. The lowest BCUT2D eigenvalue weighted by molar-refractivity contribution is 0.281. The lowest BCUT2D eigenvalue weighted by Crippen LogP contribution is -2.22. The minimum absolute atomic E-state index is 0.0571. The second-order valence-electron chi connectivity index (χ2n) is 3.85. The fourth-order valence-corrected chi connectivity index (χ4v) is 2.57. The van der Waals surface area contributed by atoms with E-state index in [4.69, 9.17) is 5.11 Å². The van der Waals surface area contributed by atoms with E-state index in [0.29, 0.717) is 0 Å². The summed E-state index contributed by atoms with van der Waals surface area (Å²) >= 11 is 0. The summed E-state index contributed by atoms with van der Waals surface area (Å²) in [5, 5.41) is 9.00. The number of benzene rings is 1. The van der Waals surface area contributed by atoms with E-state index in [0.717, 1.165) is 11.1 Å². The number of hydrogen-bond acceptors (Lipinski definition) is 3. The summed E-state index contributed by atoms with van der Waals surface area (Å²) in [6.45, 7) is 0.139. The largest absolute Gasteiger partial charge is 0.392 e. The highest BCUT2D eigenvalue weighted by atomic mass is 32.2. The van der Waals surface area contributed by atoms with Gasteiger partial charge in [-0.25, -0.2) is 13.1 Å². The maximum Gasteiger partial charge on any atom is 0.242 e. The van der Waals surface area contributed by atoms with Crippen LogP contribution in [0.25, 0.3) is 0 Å². The Kier molecular flexibility index (Phi) is 3.81. The van der Waals surface area contributed by atoms with Gasteiger partial charge in [0.2, 0.25) is 10.0 Å². The normalized spacial score (nSPS) is 11.6. The molecule has 0 aliphatic rings. The highest BCUT2D eigenvalue weighted by molar-refractivity contribution is 7.89. The lowest BCUT2D eigenvalue weighted by atomic mass is 10.1. The van der Waals surface area contributed by atoms with Gasteiger partial charge in [0, 0.05) is 18.9 Å². The standard InChI is InChI=1S/C12H14N2O3S/c15-9-11-3-1-2-10(6-11)7-14-18(16,17)12-4-5-13-8-12/h1-6,8,13-15H,7,9H2. The quantitative estimate of drug-likeness (QED) is 0.754. The first-order chi connectivity index (χ1) is 8.62. The van der Waals surface area contributed by atoms with Crippen LogP contribution in [0.4, 0.5) is 0 Å². The zero-order valence-electron chi connectivity index (χ0n) is 9.63. The van der Waals surface area contributed by atoms with Crippen LogP contribution in [0.15, 0.2) is 47.6 Å². The Morgan fingerprint density at radius 2 is 2.00 bits per heavy atom. The molecule has 5 nitrogen and oxygen atoms in total. The van der Waals surface area contributed by atoms with Crippen LogP contribution in [0.2, 0.25) is 0 Å². The molecule has 2 rings (SSSR count). The number of aliphatic hydroxyl groups is 1. The Hall–Kier alpha value is -1.63. The molecule has 0 saturated carbocycles. The topological polar surface area (TPSA) is 82.2 Å². The number of aromatic nitrogens is 1. The second kappa shape index (κ2) is 5.34. The van der Waals surface area contributed by atoms with Gasteiger partial charge < -0.3 is 10.1 Å². The van der Waals surface area contributed by atoms with E-state index in [1.807, 2.05) is 0 Å². The van der Waals surface area contributed by atoms with Crippen molar-refractivity contribution >= 4 is 10.0 Å². The molecule has 0 unspecified atom stereocenters. The summed E-state index contributed by atoms with van der Waals surface area (Å²) < 4.78 is 26.2. The van der Waals surface area contributed by atoms with Crippen molar-refractivity contribution in [2.45, 2.75) is 18.0 Å². The van der Waals surface area contributed by atoms with Crippen LogP contribution in [0, 0.1) is 0 Å². The molecule has 0 aliphatic heterocycles. The van der Waals surface area contributed by atoms with Crippen molar-refractivity contribution in [1.29, 1.82) is 0 Å². The van der Waals surface area contributed by atoms with Crippen molar-refractivity contribution in [3.05, 3.63) is 53.9 Å². The number of sulfonamides is 1. The van der Waals surface area contributed by atoms with Gasteiger partial charge in [0.25, 0.3) is 0 Å². The SMILES string of the molecule is O=S(=O)(NCc1cccc(CO)c1)c1cc[nH]c1. The van der Waals surface area contributed by atoms with Gasteiger partial charge in [-0.3, -0.25) is 0 Å². The van der Waals surface area contributed by atoms with Crippen molar-refractivity contribution in [3.63, 3.8) is 0 Å². The molecule has 18 heavy (non-hydrogen) atoms. The molecule has 2 aromatic rings. The number of aliphatic hydroxyl groups excluding tert-OH is 1. The molecule has 0 amide bonds. The van der Waals surface area contributed by atoms with Crippen LogP contribution in [-0.2, 0) is 23.2 Å². The van der Waals surface area contributed by atoms with Crippen LogP contribution in [0.1, 0.15) is 11.1 Å². The summed E-state index contributed by atoms with van der Waals surface area (Å²) in [7, 11) is -3.48. The molecule has 0 saturated heterocycles. The van der Waals surface area contributed by atoms with E-state index in [1.54, 1.807) is 30.5 Å². The molecule has 0 aliphatic carbocycles. The highest BCUT2D eigenvalue weighted by Crippen LogP contribution is 2.09. The fraction of sp³-hybridized carbons (Fsp3) is 0.167.